The number of anilines is 3. The van der Waals surface area contributed by atoms with Gasteiger partial charge in [0.2, 0.25) is 17.8 Å². The number of aromatic amines is 1. The van der Waals surface area contributed by atoms with E-state index in [1.165, 1.54) is 0 Å². The second-order valence-electron chi connectivity index (χ2n) is 10.7. The first-order valence-electron chi connectivity index (χ1n) is 12.7. The van der Waals surface area contributed by atoms with Gasteiger partial charge in [-0.15, -0.1) is 0 Å². The van der Waals surface area contributed by atoms with E-state index in [9.17, 15) is 9.59 Å². The Labute approximate surface area is 217 Å². The van der Waals surface area contributed by atoms with Gasteiger partial charge in [0.15, 0.2) is 0 Å². The van der Waals surface area contributed by atoms with Crippen LogP contribution in [0.25, 0.3) is 11.0 Å². The van der Waals surface area contributed by atoms with Crippen molar-refractivity contribution in [2.75, 3.05) is 16.8 Å². The molecule has 0 aliphatic carbocycles. The number of H-pyrrole nitrogens is 1. The third-order valence-corrected chi connectivity index (χ3v) is 6.99. The van der Waals surface area contributed by atoms with Crippen molar-refractivity contribution in [1.29, 1.82) is 0 Å². The molecule has 0 saturated carbocycles. The molecule has 4 aromatic rings. The standard InChI is InChI=1S/C30H33N5O2/c1-30(2,3)23-17-14-21-8-4-7-11-26(21)35(28(23)37)19-27(36)31-18-20-12-15-22(16-13-20)32-29-33-24-9-5-6-10-25(24)34-29/h4-13,15-16,23H,14,17-19H2,1-3H3,(H,31,36)(H2,32,33,34). The van der Waals surface area contributed by atoms with E-state index >= 15 is 0 Å². The van der Waals surface area contributed by atoms with Crippen LogP contribution < -0.4 is 15.5 Å². The van der Waals surface area contributed by atoms with Crippen molar-refractivity contribution < 1.29 is 9.59 Å². The summed E-state index contributed by atoms with van der Waals surface area (Å²) in [5, 5.41) is 6.26. The number of hydrogen-bond acceptors (Lipinski definition) is 4. The lowest BCUT2D eigenvalue weighted by Gasteiger charge is -2.32. The minimum atomic E-state index is -0.179. The van der Waals surface area contributed by atoms with Gasteiger partial charge in [0.25, 0.3) is 0 Å². The highest BCUT2D eigenvalue weighted by Crippen LogP contribution is 2.37. The van der Waals surface area contributed by atoms with Crippen LogP contribution in [-0.4, -0.2) is 28.3 Å². The number of carbonyl (C=O) groups is 2. The van der Waals surface area contributed by atoms with E-state index in [-0.39, 0.29) is 29.7 Å². The number of para-hydroxylation sites is 3. The number of amides is 2. The summed E-state index contributed by atoms with van der Waals surface area (Å²) in [7, 11) is 0. The summed E-state index contributed by atoms with van der Waals surface area (Å²) in [6.45, 7) is 6.67. The molecular formula is C30H33N5O2. The van der Waals surface area contributed by atoms with Crippen molar-refractivity contribution in [2.45, 2.75) is 40.2 Å². The highest BCUT2D eigenvalue weighted by Gasteiger charge is 2.38. The molecule has 37 heavy (non-hydrogen) atoms. The third-order valence-electron chi connectivity index (χ3n) is 6.99. The zero-order chi connectivity index (χ0) is 26.0. The molecule has 0 fully saturated rings. The Kier molecular flexibility index (Phi) is 6.70. The lowest BCUT2D eigenvalue weighted by atomic mass is 9.77. The van der Waals surface area contributed by atoms with Crippen LogP contribution in [0.1, 0.15) is 38.3 Å². The Morgan fingerprint density at radius 2 is 1.76 bits per heavy atom. The SMILES string of the molecule is CC(C)(C)C1CCc2ccccc2N(CC(=O)NCc2ccc(Nc3nc4ccccc4[nH]3)cc2)C1=O. The molecule has 1 atom stereocenters. The number of hydrogen-bond donors (Lipinski definition) is 3. The first-order chi connectivity index (χ1) is 17.8. The van der Waals surface area contributed by atoms with Gasteiger partial charge in [0.1, 0.15) is 6.54 Å². The number of aryl methyl sites for hydroxylation is 1. The molecule has 0 bridgehead atoms. The molecule has 2 amide bonds. The Morgan fingerprint density at radius 1 is 1.03 bits per heavy atom. The van der Waals surface area contributed by atoms with E-state index in [0.29, 0.717) is 12.5 Å². The number of fused-ring (bicyclic) bond motifs is 2. The van der Waals surface area contributed by atoms with Crippen LogP contribution in [0.4, 0.5) is 17.3 Å². The van der Waals surface area contributed by atoms with Gasteiger partial charge in [0, 0.05) is 23.8 Å². The zero-order valence-corrected chi connectivity index (χ0v) is 21.5. The molecule has 3 N–H and O–H groups in total. The first kappa shape index (κ1) is 24.6. The van der Waals surface area contributed by atoms with Crippen molar-refractivity contribution in [3.05, 3.63) is 83.9 Å². The molecule has 1 aliphatic heterocycles. The first-order valence-corrected chi connectivity index (χ1v) is 12.7. The third kappa shape index (κ3) is 5.50. The Bertz CT molecular complexity index is 1380. The monoisotopic (exact) mass is 495 g/mol. The quantitative estimate of drug-likeness (QED) is 0.326. The molecule has 1 aliphatic rings. The zero-order valence-electron chi connectivity index (χ0n) is 21.5. The van der Waals surface area contributed by atoms with Crippen LogP contribution in [-0.2, 0) is 22.6 Å². The fourth-order valence-electron chi connectivity index (χ4n) is 4.94. The van der Waals surface area contributed by atoms with Crippen molar-refractivity contribution in [1.82, 2.24) is 15.3 Å². The van der Waals surface area contributed by atoms with Crippen LogP contribution in [0.3, 0.4) is 0 Å². The van der Waals surface area contributed by atoms with Crippen LogP contribution in [0.15, 0.2) is 72.8 Å². The molecule has 0 saturated heterocycles. The predicted octanol–water partition coefficient (Wildman–Crippen LogP) is 5.56. The van der Waals surface area contributed by atoms with Gasteiger partial charge in [-0.1, -0.05) is 63.2 Å². The second kappa shape index (κ2) is 10.1. The molecule has 3 aromatic carbocycles. The number of imidazole rings is 1. The summed E-state index contributed by atoms with van der Waals surface area (Å²) < 4.78 is 0. The summed E-state index contributed by atoms with van der Waals surface area (Å²) in [4.78, 5) is 36.0. The lowest BCUT2D eigenvalue weighted by Crippen LogP contribution is -2.45. The molecule has 1 aromatic heterocycles. The minimum absolute atomic E-state index is 0.00805. The Morgan fingerprint density at radius 3 is 2.51 bits per heavy atom. The number of nitrogens with zero attached hydrogens (tertiary/aromatic N) is 2. The van der Waals surface area contributed by atoms with E-state index in [1.54, 1.807) is 4.90 Å². The maximum atomic E-state index is 13.5. The predicted molar refractivity (Wildman–Crippen MR) is 148 cm³/mol. The Hall–Kier alpha value is -4.13. The molecule has 7 nitrogen and oxygen atoms in total. The topological polar surface area (TPSA) is 90.1 Å². The number of rotatable bonds is 6. The van der Waals surface area contributed by atoms with E-state index in [4.69, 9.17) is 0 Å². The fraction of sp³-hybridized carbons (Fsp3) is 0.300. The van der Waals surface area contributed by atoms with E-state index < -0.39 is 0 Å². The van der Waals surface area contributed by atoms with Crippen LogP contribution in [0.5, 0.6) is 0 Å². The molecule has 1 unspecified atom stereocenters. The van der Waals surface area contributed by atoms with Crippen molar-refractivity contribution in [3.8, 4) is 0 Å². The van der Waals surface area contributed by atoms with Crippen LogP contribution >= 0.6 is 0 Å². The summed E-state index contributed by atoms with van der Waals surface area (Å²) in [6.07, 6.45) is 1.61. The summed E-state index contributed by atoms with van der Waals surface area (Å²) in [5.74, 6) is 0.383. The van der Waals surface area contributed by atoms with Gasteiger partial charge in [-0.05, 0) is 59.7 Å². The molecule has 5 rings (SSSR count). The smallest absolute Gasteiger partial charge is 0.240 e. The summed E-state index contributed by atoms with van der Waals surface area (Å²) in [5.41, 5.74) is 5.53. The number of nitrogens with one attached hydrogen (secondary N) is 3. The van der Waals surface area contributed by atoms with Gasteiger partial charge < -0.3 is 20.5 Å². The van der Waals surface area contributed by atoms with Crippen LogP contribution in [0, 0.1) is 11.3 Å². The molecule has 0 radical (unpaired) electrons. The van der Waals surface area contributed by atoms with E-state index in [1.807, 2.05) is 66.7 Å². The van der Waals surface area contributed by atoms with E-state index in [2.05, 4.69) is 47.4 Å². The highest BCUT2D eigenvalue weighted by molar-refractivity contribution is 6.01. The molecule has 190 valence electrons. The Balaban J connectivity index is 1.22. The van der Waals surface area contributed by atoms with Crippen molar-refractivity contribution >= 4 is 40.2 Å². The average Bonchev–Trinajstić information content (AvgIpc) is 3.22. The molecule has 7 heteroatoms. The number of carbonyl (C=O) groups excluding carboxylic acids is 2. The summed E-state index contributed by atoms with van der Waals surface area (Å²) in [6, 6.07) is 23.6. The largest absolute Gasteiger partial charge is 0.350 e. The van der Waals surface area contributed by atoms with Gasteiger partial charge >= 0.3 is 0 Å². The second-order valence-corrected chi connectivity index (χ2v) is 10.7. The summed E-state index contributed by atoms with van der Waals surface area (Å²) >= 11 is 0. The molecular weight excluding hydrogens is 462 g/mol. The van der Waals surface area contributed by atoms with Gasteiger partial charge in [-0.2, -0.15) is 0 Å². The van der Waals surface area contributed by atoms with Crippen molar-refractivity contribution in [3.63, 3.8) is 0 Å². The fourth-order valence-corrected chi connectivity index (χ4v) is 4.94. The van der Waals surface area contributed by atoms with E-state index in [0.717, 1.165) is 46.4 Å². The van der Waals surface area contributed by atoms with Gasteiger partial charge in [0.05, 0.1) is 11.0 Å². The average molecular weight is 496 g/mol. The van der Waals surface area contributed by atoms with Gasteiger partial charge in [-0.25, -0.2) is 4.98 Å². The number of benzene rings is 3. The van der Waals surface area contributed by atoms with Crippen molar-refractivity contribution in [2.24, 2.45) is 11.3 Å². The molecule has 0 spiro atoms. The maximum Gasteiger partial charge on any atom is 0.240 e. The molecule has 2 heterocycles. The van der Waals surface area contributed by atoms with Gasteiger partial charge in [-0.3, -0.25) is 9.59 Å². The maximum absolute atomic E-state index is 13.5. The number of aromatic nitrogens is 2. The lowest BCUT2D eigenvalue weighted by molar-refractivity contribution is -0.128. The normalized spacial score (nSPS) is 15.8. The highest BCUT2D eigenvalue weighted by atomic mass is 16.2. The van der Waals surface area contributed by atoms with Crippen LogP contribution in [0.2, 0.25) is 0 Å². The minimum Gasteiger partial charge on any atom is -0.350 e.